The predicted octanol–water partition coefficient (Wildman–Crippen LogP) is 5.76. The highest BCUT2D eigenvalue weighted by atomic mass is 79.9. The van der Waals surface area contributed by atoms with Gasteiger partial charge in [0.1, 0.15) is 5.52 Å². The number of hydrogen-bond donors (Lipinski definition) is 1. The number of nitrogens with zero attached hydrogens (tertiary/aromatic N) is 1. The van der Waals surface area contributed by atoms with Gasteiger partial charge in [0.05, 0.1) is 20.9 Å². The van der Waals surface area contributed by atoms with Gasteiger partial charge in [0.2, 0.25) is 0 Å². The molecule has 0 amide bonds. The van der Waals surface area contributed by atoms with Crippen LogP contribution in [0, 0.1) is 0 Å². The molecule has 0 radical (unpaired) electrons. The summed E-state index contributed by atoms with van der Waals surface area (Å²) in [6.45, 7) is 2.16. The summed E-state index contributed by atoms with van der Waals surface area (Å²) in [5.74, 6) is 0. The van der Waals surface area contributed by atoms with Crippen molar-refractivity contribution in [3.05, 3.63) is 57.0 Å². The first-order valence-electron chi connectivity index (χ1n) is 6.66. The molecule has 0 aliphatic rings. The Morgan fingerprint density at radius 3 is 2.76 bits per heavy atom. The second-order valence-corrected chi connectivity index (χ2v) is 7.21. The lowest BCUT2D eigenvalue weighted by Gasteiger charge is -2.17. The van der Waals surface area contributed by atoms with Crippen molar-refractivity contribution in [1.29, 1.82) is 0 Å². The highest BCUT2D eigenvalue weighted by molar-refractivity contribution is 9.10. The summed E-state index contributed by atoms with van der Waals surface area (Å²) in [5.41, 5.74) is 5.03. The SMILES string of the molecule is CC(Cc1ccc(Br)cc1)Nc1c(Cl)ccc2scnc12. The van der Waals surface area contributed by atoms with Gasteiger partial charge in [0.15, 0.2) is 0 Å². The number of halogens is 2. The van der Waals surface area contributed by atoms with Gasteiger partial charge in [-0.2, -0.15) is 0 Å². The highest BCUT2D eigenvalue weighted by Crippen LogP contribution is 2.32. The average molecular weight is 382 g/mol. The van der Waals surface area contributed by atoms with E-state index in [1.807, 2.05) is 17.6 Å². The molecular formula is C16H14BrClN2S. The van der Waals surface area contributed by atoms with E-state index < -0.39 is 0 Å². The zero-order valence-electron chi connectivity index (χ0n) is 11.4. The van der Waals surface area contributed by atoms with Crippen molar-refractivity contribution in [2.24, 2.45) is 0 Å². The Hall–Kier alpha value is -1.10. The molecule has 5 heteroatoms. The number of fused-ring (bicyclic) bond motifs is 1. The van der Waals surface area contributed by atoms with Crippen LogP contribution >= 0.6 is 38.9 Å². The molecule has 0 fully saturated rings. The number of rotatable bonds is 4. The molecule has 1 unspecified atom stereocenters. The van der Waals surface area contributed by atoms with Gasteiger partial charge >= 0.3 is 0 Å². The zero-order valence-corrected chi connectivity index (χ0v) is 14.6. The van der Waals surface area contributed by atoms with Crippen molar-refractivity contribution < 1.29 is 0 Å². The number of thiazole rings is 1. The van der Waals surface area contributed by atoms with Crippen LogP contribution in [0.15, 0.2) is 46.4 Å². The van der Waals surface area contributed by atoms with Crippen molar-refractivity contribution in [2.75, 3.05) is 5.32 Å². The van der Waals surface area contributed by atoms with Crippen LogP contribution in [0.3, 0.4) is 0 Å². The highest BCUT2D eigenvalue weighted by Gasteiger charge is 2.12. The number of benzene rings is 2. The molecule has 0 aliphatic carbocycles. The van der Waals surface area contributed by atoms with Crippen LogP contribution in [0.5, 0.6) is 0 Å². The lowest BCUT2D eigenvalue weighted by Crippen LogP contribution is -2.18. The lowest BCUT2D eigenvalue weighted by atomic mass is 10.1. The third-order valence-corrected chi connectivity index (χ3v) is 4.94. The van der Waals surface area contributed by atoms with Gasteiger partial charge in [0.25, 0.3) is 0 Å². The summed E-state index contributed by atoms with van der Waals surface area (Å²) in [6.07, 6.45) is 0.935. The fourth-order valence-electron chi connectivity index (χ4n) is 2.32. The third-order valence-electron chi connectivity index (χ3n) is 3.30. The normalized spacial score (nSPS) is 12.5. The number of nitrogens with one attached hydrogen (secondary N) is 1. The van der Waals surface area contributed by atoms with Crippen LogP contribution < -0.4 is 5.32 Å². The molecule has 0 bridgehead atoms. The van der Waals surface area contributed by atoms with Crippen LogP contribution in [-0.4, -0.2) is 11.0 Å². The first-order valence-corrected chi connectivity index (χ1v) is 8.71. The smallest absolute Gasteiger partial charge is 0.106 e. The van der Waals surface area contributed by atoms with Crippen LogP contribution in [0.2, 0.25) is 5.02 Å². The van der Waals surface area contributed by atoms with Crippen molar-refractivity contribution in [3.8, 4) is 0 Å². The van der Waals surface area contributed by atoms with Gasteiger partial charge in [-0.25, -0.2) is 4.98 Å². The van der Waals surface area contributed by atoms with E-state index in [1.54, 1.807) is 11.3 Å². The van der Waals surface area contributed by atoms with Crippen molar-refractivity contribution in [3.63, 3.8) is 0 Å². The zero-order chi connectivity index (χ0) is 14.8. The maximum absolute atomic E-state index is 6.32. The van der Waals surface area contributed by atoms with Gasteiger partial charge in [-0.05, 0) is 43.2 Å². The molecule has 0 spiro atoms. The fraction of sp³-hybridized carbons (Fsp3) is 0.188. The maximum atomic E-state index is 6.32. The Morgan fingerprint density at radius 1 is 1.24 bits per heavy atom. The molecule has 2 nitrogen and oxygen atoms in total. The molecule has 0 saturated carbocycles. The van der Waals surface area contributed by atoms with E-state index in [1.165, 1.54) is 5.56 Å². The minimum absolute atomic E-state index is 0.274. The van der Waals surface area contributed by atoms with Crippen molar-refractivity contribution >= 4 is 54.8 Å². The third kappa shape index (κ3) is 3.39. The van der Waals surface area contributed by atoms with Crippen LogP contribution in [0.25, 0.3) is 10.2 Å². The Labute approximate surface area is 141 Å². The summed E-state index contributed by atoms with van der Waals surface area (Å²) >= 11 is 11.4. The molecule has 0 aliphatic heterocycles. The molecule has 1 heterocycles. The van der Waals surface area contributed by atoms with Crippen molar-refractivity contribution in [1.82, 2.24) is 4.98 Å². The lowest BCUT2D eigenvalue weighted by molar-refractivity contribution is 0.791. The van der Waals surface area contributed by atoms with Crippen LogP contribution in [0.4, 0.5) is 5.69 Å². The van der Waals surface area contributed by atoms with Gasteiger partial charge in [-0.1, -0.05) is 39.7 Å². The molecule has 3 rings (SSSR count). The molecule has 2 aromatic carbocycles. The van der Waals surface area contributed by atoms with E-state index in [-0.39, 0.29) is 6.04 Å². The monoisotopic (exact) mass is 380 g/mol. The van der Waals surface area contributed by atoms with E-state index in [0.717, 1.165) is 31.8 Å². The van der Waals surface area contributed by atoms with Gasteiger partial charge in [-0.3, -0.25) is 0 Å². The molecule has 3 aromatic rings. The Kier molecular flexibility index (Phi) is 4.48. The fourth-order valence-corrected chi connectivity index (χ4v) is 3.47. The Morgan fingerprint density at radius 2 is 2.00 bits per heavy atom. The second kappa shape index (κ2) is 6.34. The van der Waals surface area contributed by atoms with E-state index >= 15 is 0 Å². The first-order chi connectivity index (χ1) is 10.1. The van der Waals surface area contributed by atoms with Crippen molar-refractivity contribution in [2.45, 2.75) is 19.4 Å². The van der Waals surface area contributed by atoms with Gasteiger partial charge in [0, 0.05) is 10.5 Å². The molecule has 108 valence electrons. The molecule has 1 aromatic heterocycles. The molecule has 1 atom stereocenters. The Bertz CT molecular complexity index is 755. The maximum Gasteiger partial charge on any atom is 0.106 e. The minimum atomic E-state index is 0.274. The molecular weight excluding hydrogens is 368 g/mol. The summed E-state index contributed by atoms with van der Waals surface area (Å²) < 4.78 is 2.25. The number of hydrogen-bond acceptors (Lipinski definition) is 3. The largest absolute Gasteiger partial charge is 0.379 e. The summed E-state index contributed by atoms with van der Waals surface area (Å²) in [7, 11) is 0. The second-order valence-electron chi connectivity index (χ2n) is 5.00. The predicted molar refractivity (Wildman–Crippen MR) is 95.6 cm³/mol. The first kappa shape index (κ1) is 14.8. The van der Waals surface area contributed by atoms with Crippen LogP contribution in [-0.2, 0) is 6.42 Å². The topological polar surface area (TPSA) is 24.9 Å². The van der Waals surface area contributed by atoms with E-state index in [2.05, 4.69) is 57.4 Å². The standard InChI is InChI=1S/C16H14BrClN2S/c1-10(8-11-2-4-12(17)5-3-11)20-15-13(18)6-7-14-16(15)19-9-21-14/h2-7,9-10,20H,8H2,1H3. The van der Waals surface area contributed by atoms with Crippen LogP contribution in [0.1, 0.15) is 12.5 Å². The minimum Gasteiger partial charge on any atom is -0.379 e. The summed E-state index contributed by atoms with van der Waals surface area (Å²) in [5, 5.41) is 4.22. The number of anilines is 1. The summed E-state index contributed by atoms with van der Waals surface area (Å²) in [6, 6.07) is 12.6. The Balaban J connectivity index is 1.79. The molecule has 1 N–H and O–H groups in total. The van der Waals surface area contributed by atoms with Gasteiger partial charge in [-0.15, -0.1) is 11.3 Å². The summed E-state index contributed by atoms with van der Waals surface area (Å²) in [4.78, 5) is 4.42. The molecule has 0 saturated heterocycles. The quantitative estimate of drug-likeness (QED) is 0.622. The van der Waals surface area contributed by atoms with E-state index in [4.69, 9.17) is 11.6 Å². The average Bonchev–Trinajstić information content (AvgIpc) is 2.93. The number of aromatic nitrogens is 1. The van der Waals surface area contributed by atoms with Gasteiger partial charge < -0.3 is 5.32 Å². The van der Waals surface area contributed by atoms with E-state index in [9.17, 15) is 0 Å². The van der Waals surface area contributed by atoms with E-state index in [0.29, 0.717) is 0 Å². The molecule has 21 heavy (non-hydrogen) atoms.